The number of nitrogens with one attached hydrogen (secondary N) is 1. The van der Waals surface area contributed by atoms with E-state index in [-0.39, 0.29) is 11.7 Å². The van der Waals surface area contributed by atoms with Gasteiger partial charge in [-0.15, -0.1) is 0 Å². The van der Waals surface area contributed by atoms with Crippen LogP contribution in [-0.4, -0.2) is 12.0 Å². The molecular formula is C9H13FN2. The van der Waals surface area contributed by atoms with Crippen molar-refractivity contribution >= 4 is 5.82 Å². The van der Waals surface area contributed by atoms with Gasteiger partial charge >= 0.3 is 0 Å². The van der Waals surface area contributed by atoms with Gasteiger partial charge < -0.3 is 5.32 Å². The Labute approximate surface area is 71.8 Å². The Hall–Kier alpha value is -1.12. The number of halogens is 1. The molecule has 0 fully saturated rings. The maximum atomic E-state index is 13.2. The predicted octanol–water partition coefficient (Wildman–Crippen LogP) is 2.39. The molecule has 12 heavy (non-hydrogen) atoms. The molecule has 1 aromatic rings. The van der Waals surface area contributed by atoms with Gasteiger partial charge in [-0.3, -0.25) is 0 Å². The summed E-state index contributed by atoms with van der Waals surface area (Å²) in [4.78, 5) is 4.03. The van der Waals surface area contributed by atoms with Crippen molar-refractivity contribution < 1.29 is 4.39 Å². The zero-order valence-electron chi connectivity index (χ0n) is 7.56. The van der Waals surface area contributed by atoms with Gasteiger partial charge in [0, 0.05) is 18.8 Å². The van der Waals surface area contributed by atoms with E-state index in [2.05, 4.69) is 10.3 Å². The first-order chi connectivity index (χ1) is 5.66. The molecule has 1 rings (SSSR count). The first-order valence-electron chi connectivity index (χ1n) is 3.99. The third-order valence-corrected chi connectivity index (χ3v) is 1.75. The van der Waals surface area contributed by atoms with Crippen LogP contribution in [0.3, 0.4) is 0 Å². The van der Waals surface area contributed by atoms with Crippen LogP contribution in [0.25, 0.3) is 0 Å². The number of rotatable bonds is 2. The predicted molar refractivity (Wildman–Crippen MR) is 47.8 cm³/mol. The van der Waals surface area contributed by atoms with Gasteiger partial charge in [0.05, 0.1) is 0 Å². The highest BCUT2D eigenvalue weighted by Gasteiger charge is 2.11. The van der Waals surface area contributed by atoms with E-state index >= 15 is 0 Å². The van der Waals surface area contributed by atoms with Crippen molar-refractivity contribution in [1.82, 2.24) is 4.98 Å². The molecule has 0 aliphatic carbocycles. The van der Waals surface area contributed by atoms with E-state index in [1.807, 2.05) is 13.8 Å². The second-order valence-corrected chi connectivity index (χ2v) is 2.96. The highest BCUT2D eigenvalue weighted by molar-refractivity contribution is 5.45. The molecular weight excluding hydrogens is 155 g/mol. The largest absolute Gasteiger partial charge is 0.373 e. The van der Waals surface area contributed by atoms with Crippen LogP contribution in [0.4, 0.5) is 10.2 Å². The molecule has 0 aliphatic heterocycles. The minimum Gasteiger partial charge on any atom is -0.373 e. The van der Waals surface area contributed by atoms with E-state index in [1.54, 1.807) is 7.05 Å². The fourth-order valence-electron chi connectivity index (χ4n) is 1.20. The van der Waals surface area contributed by atoms with Crippen molar-refractivity contribution in [1.29, 1.82) is 0 Å². The van der Waals surface area contributed by atoms with E-state index in [1.165, 1.54) is 12.3 Å². The monoisotopic (exact) mass is 168 g/mol. The van der Waals surface area contributed by atoms with Crippen molar-refractivity contribution in [3.8, 4) is 0 Å². The second kappa shape index (κ2) is 3.52. The fraction of sp³-hybridized carbons (Fsp3) is 0.444. The quantitative estimate of drug-likeness (QED) is 0.733. The molecule has 0 amide bonds. The van der Waals surface area contributed by atoms with Crippen LogP contribution >= 0.6 is 0 Å². The van der Waals surface area contributed by atoms with Gasteiger partial charge in [0.25, 0.3) is 0 Å². The summed E-state index contributed by atoms with van der Waals surface area (Å²) in [6.07, 6.45) is 1.47. The Kier molecular flexibility index (Phi) is 2.63. The van der Waals surface area contributed by atoms with Crippen LogP contribution in [-0.2, 0) is 0 Å². The summed E-state index contributed by atoms with van der Waals surface area (Å²) in [6, 6.07) is 1.39. The van der Waals surface area contributed by atoms with E-state index in [4.69, 9.17) is 0 Å². The average molecular weight is 168 g/mol. The van der Waals surface area contributed by atoms with Gasteiger partial charge in [-0.2, -0.15) is 0 Å². The van der Waals surface area contributed by atoms with Crippen molar-refractivity contribution in [2.75, 3.05) is 12.4 Å². The Morgan fingerprint density at radius 3 is 2.58 bits per heavy atom. The average Bonchev–Trinajstić information content (AvgIpc) is 2.03. The third-order valence-electron chi connectivity index (χ3n) is 1.75. The Morgan fingerprint density at radius 2 is 2.17 bits per heavy atom. The lowest BCUT2D eigenvalue weighted by Gasteiger charge is -2.11. The van der Waals surface area contributed by atoms with E-state index in [0.29, 0.717) is 11.4 Å². The Bertz CT molecular complexity index is 271. The summed E-state index contributed by atoms with van der Waals surface area (Å²) in [5.74, 6) is 0.593. The molecule has 0 radical (unpaired) electrons. The molecule has 0 atom stereocenters. The molecule has 0 aliphatic rings. The summed E-state index contributed by atoms with van der Waals surface area (Å²) in [5, 5.41) is 2.87. The number of aromatic nitrogens is 1. The Balaban J connectivity index is 3.20. The first kappa shape index (κ1) is 8.97. The maximum absolute atomic E-state index is 13.2. The SMILES string of the molecule is CNc1nccc(F)c1C(C)C. The molecule has 66 valence electrons. The van der Waals surface area contributed by atoms with Gasteiger partial charge in [-0.1, -0.05) is 13.8 Å². The molecule has 2 nitrogen and oxygen atoms in total. The molecule has 1 aromatic heterocycles. The first-order valence-corrected chi connectivity index (χ1v) is 3.99. The summed E-state index contributed by atoms with van der Waals surface area (Å²) in [6.45, 7) is 3.89. The van der Waals surface area contributed by atoms with Gasteiger partial charge in [0.2, 0.25) is 0 Å². The van der Waals surface area contributed by atoms with Crippen molar-refractivity contribution in [2.24, 2.45) is 0 Å². The molecule has 0 bridgehead atoms. The standard InChI is InChI=1S/C9H13FN2/c1-6(2)8-7(10)4-5-12-9(8)11-3/h4-6H,1-3H3,(H,11,12). The number of pyridine rings is 1. The molecule has 3 heteroatoms. The summed E-state index contributed by atoms with van der Waals surface area (Å²) >= 11 is 0. The number of nitrogens with zero attached hydrogens (tertiary/aromatic N) is 1. The molecule has 0 saturated carbocycles. The summed E-state index contributed by atoms with van der Waals surface area (Å²) in [7, 11) is 1.74. The van der Waals surface area contributed by atoms with E-state index in [0.717, 1.165) is 0 Å². The lowest BCUT2D eigenvalue weighted by Crippen LogP contribution is -2.02. The van der Waals surface area contributed by atoms with Crippen molar-refractivity contribution in [3.63, 3.8) is 0 Å². The van der Waals surface area contributed by atoms with E-state index in [9.17, 15) is 4.39 Å². The minimum atomic E-state index is -0.190. The van der Waals surface area contributed by atoms with Crippen LogP contribution in [0, 0.1) is 5.82 Å². The number of anilines is 1. The molecule has 1 N–H and O–H groups in total. The zero-order chi connectivity index (χ0) is 9.14. The van der Waals surface area contributed by atoms with Crippen molar-refractivity contribution in [3.05, 3.63) is 23.6 Å². The fourth-order valence-corrected chi connectivity index (χ4v) is 1.20. The second-order valence-electron chi connectivity index (χ2n) is 2.96. The molecule has 0 saturated heterocycles. The zero-order valence-corrected chi connectivity index (χ0v) is 7.56. The maximum Gasteiger partial charge on any atom is 0.132 e. The molecule has 0 spiro atoms. The van der Waals surface area contributed by atoms with Crippen LogP contribution in [0.15, 0.2) is 12.3 Å². The molecule has 0 unspecified atom stereocenters. The number of hydrogen-bond donors (Lipinski definition) is 1. The topological polar surface area (TPSA) is 24.9 Å². The third kappa shape index (κ3) is 1.55. The number of hydrogen-bond acceptors (Lipinski definition) is 2. The minimum absolute atomic E-state index is 0.154. The highest BCUT2D eigenvalue weighted by Crippen LogP contribution is 2.24. The van der Waals surface area contributed by atoms with Crippen LogP contribution in [0.5, 0.6) is 0 Å². The van der Waals surface area contributed by atoms with Gasteiger partial charge in [0.1, 0.15) is 11.6 Å². The lowest BCUT2D eigenvalue weighted by molar-refractivity contribution is 0.596. The highest BCUT2D eigenvalue weighted by atomic mass is 19.1. The van der Waals surface area contributed by atoms with Crippen LogP contribution in [0.1, 0.15) is 25.3 Å². The normalized spacial score (nSPS) is 10.4. The van der Waals surface area contributed by atoms with Crippen LogP contribution in [0.2, 0.25) is 0 Å². The molecule has 0 aromatic carbocycles. The smallest absolute Gasteiger partial charge is 0.132 e. The lowest BCUT2D eigenvalue weighted by atomic mass is 10.0. The van der Waals surface area contributed by atoms with Crippen molar-refractivity contribution in [2.45, 2.75) is 19.8 Å². The van der Waals surface area contributed by atoms with Crippen LogP contribution < -0.4 is 5.32 Å². The Morgan fingerprint density at radius 1 is 1.50 bits per heavy atom. The van der Waals surface area contributed by atoms with E-state index < -0.39 is 0 Å². The molecule has 1 heterocycles. The van der Waals surface area contributed by atoms with Gasteiger partial charge in [-0.25, -0.2) is 9.37 Å². The van der Waals surface area contributed by atoms with Gasteiger partial charge in [0.15, 0.2) is 0 Å². The summed E-state index contributed by atoms with van der Waals surface area (Å²) < 4.78 is 13.2. The van der Waals surface area contributed by atoms with Gasteiger partial charge in [-0.05, 0) is 12.0 Å². The summed E-state index contributed by atoms with van der Waals surface area (Å²) in [5.41, 5.74) is 0.653.